The fraction of sp³-hybridized carbons (Fsp3) is 0.571. The van der Waals surface area contributed by atoms with Crippen molar-refractivity contribution in [1.82, 2.24) is 9.80 Å². The van der Waals surface area contributed by atoms with Gasteiger partial charge in [-0.1, -0.05) is 32.9 Å². The van der Waals surface area contributed by atoms with Crippen LogP contribution in [0.4, 0.5) is 0 Å². The average Bonchev–Trinajstić information content (AvgIpc) is 2.40. The third-order valence-electron chi connectivity index (χ3n) is 3.00. The first-order valence-corrected chi connectivity index (χ1v) is 6.28. The van der Waals surface area contributed by atoms with E-state index < -0.39 is 0 Å². The van der Waals surface area contributed by atoms with Gasteiger partial charge in [0.2, 0.25) is 11.8 Å². The Hall–Kier alpha value is -1.58. The van der Waals surface area contributed by atoms with Crippen molar-refractivity contribution < 1.29 is 9.59 Å². The van der Waals surface area contributed by atoms with Gasteiger partial charge in [-0.15, -0.1) is 0 Å². The molecule has 0 aliphatic heterocycles. The molecule has 4 heteroatoms. The van der Waals surface area contributed by atoms with Crippen LogP contribution >= 0.6 is 0 Å². The van der Waals surface area contributed by atoms with Gasteiger partial charge < -0.3 is 9.80 Å². The normalized spacial score (nSPS) is 10.0. The lowest BCUT2D eigenvalue weighted by molar-refractivity contribution is -0.137. The Kier molecular flexibility index (Phi) is 7.76. The molecular weight excluding hydrogens is 228 g/mol. The Morgan fingerprint density at radius 1 is 1.06 bits per heavy atom. The molecular formula is C14H24N2O2. The van der Waals surface area contributed by atoms with Crippen LogP contribution in [-0.2, 0) is 9.59 Å². The molecule has 0 fully saturated rings. The molecule has 0 N–H and O–H groups in total. The predicted octanol–water partition coefficient (Wildman–Crippen LogP) is 2.18. The first-order chi connectivity index (χ1) is 8.49. The summed E-state index contributed by atoms with van der Waals surface area (Å²) < 4.78 is 0. The zero-order valence-corrected chi connectivity index (χ0v) is 11.7. The molecule has 0 spiro atoms. The van der Waals surface area contributed by atoms with Crippen LogP contribution in [0, 0.1) is 0 Å². The number of carbonyl (C=O) groups excluding carboxylic acids is 2. The third-order valence-corrected chi connectivity index (χ3v) is 3.00. The van der Waals surface area contributed by atoms with Gasteiger partial charge in [-0.3, -0.25) is 9.59 Å². The second kappa shape index (κ2) is 8.50. The van der Waals surface area contributed by atoms with Crippen LogP contribution in [0.15, 0.2) is 25.3 Å². The molecule has 0 aliphatic carbocycles. The van der Waals surface area contributed by atoms with Gasteiger partial charge in [-0.05, 0) is 25.0 Å². The van der Waals surface area contributed by atoms with E-state index in [1.165, 1.54) is 12.2 Å². The van der Waals surface area contributed by atoms with Crippen molar-refractivity contribution in [3.05, 3.63) is 25.3 Å². The van der Waals surface area contributed by atoms with E-state index in [9.17, 15) is 9.59 Å². The highest BCUT2D eigenvalue weighted by atomic mass is 16.2. The highest BCUT2D eigenvalue weighted by Crippen LogP contribution is 2.13. The number of amides is 2. The number of likely N-dealkylation sites (N-methyl/N-ethyl adjacent to an activating group) is 2. The van der Waals surface area contributed by atoms with Crippen molar-refractivity contribution in [2.45, 2.75) is 38.8 Å². The first kappa shape index (κ1) is 16.4. The van der Waals surface area contributed by atoms with Gasteiger partial charge >= 0.3 is 0 Å². The second-order valence-electron chi connectivity index (χ2n) is 4.28. The summed E-state index contributed by atoms with van der Waals surface area (Å²) in [6.45, 7) is 9.06. The minimum atomic E-state index is -0.243. The maximum absolute atomic E-state index is 11.6. The lowest BCUT2D eigenvalue weighted by Gasteiger charge is -2.34. The van der Waals surface area contributed by atoms with Gasteiger partial charge in [-0.2, -0.15) is 0 Å². The molecule has 0 heterocycles. The largest absolute Gasteiger partial charge is 0.322 e. The van der Waals surface area contributed by atoms with Gasteiger partial charge in [0.15, 0.2) is 0 Å². The highest BCUT2D eigenvalue weighted by molar-refractivity contribution is 5.89. The van der Waals surface area contributed by atoms with Crippen LogP contribution in [0.2, 0.25) is 0 Å². The van der Waals surface area contributed by atoms with Gasteiger partial charge in [0.1, 0.15) is 6.17 Å². The van der Waals surface area contributed by atoms with Crippen molar-refractivity contribution in [3.8, 4) is 0 Å². The molecule has 0 aromatic heterocycles. The molecule has 102 valence electrons. The standard InChI is InChI=1S/C14H24N2O2/c1-6-9-10-11-12(15(4)13(17)7-2)16(5)14(18)8-3/h7-8,12H,2-3,6,9-11H2,1,4-5H3. The monoisotopic (exact) mass is 252 g/mol. The summed E-state index contributed by atoms with van der Waals surface area (Å²) in [5.41, 5.74) is 0. The Labute approximate surface area is 110 Å². The molecule has 0 saturated heterocycles. The SMILES string of the molecule is C=CC(=O)N(C)C(CCCCC)N(C)C(=O)C=C. The average molecular weight is 252 g/mol. The molecule has 18 heavy (non-hydrogen) atoms. The minimum Gasteiger partial charge on any atom is -0.322 e. The topological polar surface area (TPSA) is 40.6 Å². The zero-order chi connectivity index (χ0) is 14.1. The molecule has 0 aliphatic rings. The fourth-order valence-electron chi connectivity index (χ4n) is 1.81. The summed E-state index contributed by atoms with van der Waals surface area (Å²) in [6, 6.07) is 0. The maximum atomic E-state index is 11.6. The van der Waals surface area contributed by atoms with Crippen molar-refractivity contribution in [1.29, 1.82) is 0 Å². The zero-order valence-electron chi connectivity index (χ0n) is 11.7. The Balaban J connectivity index is 4.79. The van der Waals surface area contributed by atoms with E-state index in [1.807, 2.05) is 0 Å². The second-order valence-corrected chi connectivity index (χ2v) is 4.28. The Morgan fingerprint density at radius 3 is 1.83 bits per heavy atom. The van der Waals surface area contributed by atoms with Crippen LogP contribution in [0.3, 0.4) is 0 Å². The van der Waals surface area contributed by atoms with E-state index in [1.54, 1.807) is 23.9 Å². The first-order valence-electron chi connectivity index (χ1n) is 6.28. The molecule has 2 amide bonds. The van der Waals surface area contributed by atoms with E-state index in [4.69, 9.17) is 0 Å². The summed E-state index contributed by atoms with van der Waals surface area (Å²) in [7, 11) is 3.38. The van der Waals surface area contributed by atoms with Crippen molar-refractivity contribution >= 4 is 11.8 Å². The molecule has 0 saturated carbocycles. The molecule has 0 aromatic rings. The molecule has 0 unspecified atom stereocenters. The molecule has 0 atom stereocenters. The smallest absolute Gasteiger partial charge is 0.247 e. The van der Waals surface area contributed by atoms with Crippen molar-refractivity contribution in [3.63, 3.8) is 0 Å². The fourth-order valence-corrected chi connectivity index (χ4v) is 1.81. The van der Waals surface area contributed by atoms with Crippen LogP contribution < -0.4 is 0 Å². The van der Waals surface area contributed by atoms with Gasteiger partial charge in [0.25, 0.3) is 0 Å². The number of rotatable bonds is 8. The number of nitrogens with zero attached hydrogens (tertiary/aromatic N) is 2. The predicted molar refractivity (Wildman–Crippen MR) is 73.9 cm³/mol. The van der Waals surface area contributed by atoms with E-state index in [0.29, 0.717) is 0 Å². The number of hydrogen-bond donors (Lipinski definition) is 0. The number of carbonyl (C=O) groups is 2. The van der Waals surface area contributed by atoms with E-state index in [0.717, 1.165) is 25.7 Å². The summed E-state index contributed by atoms with van der Waals surface area (Å²) in [5.74, 6) is -0.361. The van der Waals surface area contributed by atoms with E-state index in [2.05, 4.69) is 20.1 Å². The summed E-state index contributed by atoms with van der Waals surface area (Å²) in [5, 5.41) is 0. The third kappa shape index (κ3) is 4.73. The molecule has 0 rings (SSSR count). The van der Waals surface area contributed by atoms with Gasteiger partial charge in [0.05, 0.1) is 0 Å². The summed E-state index contributed by atoms with van der Waals surface area (Å²) in [6.07, 6.45) is 6.21. The lowest BCUT2D eigenvalue weighted by Crippen LogP contribution is -2.48. The lowest BCUT2D eigenvalue weighted by atomic mass is 10.1. The van der Waals surface area contributed by atoms with Crippen molar-refractivity contribution in [2.75, 3.05) is 14.1 Å². The van der Waals surface area contributed by atoms with E-state index in [-0.39, 0.29) is 18.0 Å². The Bertz CT molecular complexity index is 287. The van der Waals surface area contributed by atoms with E-state index >= 15 is 0 Å². The quantitative estimate of drug-likeness (QED) is 0.377. The molecule has 0 aromatic carbocycles. The Morgan fingerprint density at radius 2 is 1.50 bits per heavy atom. The number of hydrogen-bond acceptors (Lipinski definition) is 2. The summed E-state index contributed by atoms with van der Waals surface area (Å²) >= 11 is 0. The van der Waals surface area contributed by atoms with Crippen molar-refractivity contribution in [2.24, 2.45) is 0 Å². The van der Waals surface area contributed by atoms with Gasteiger partial charge in [-0.25, -0.2) is 0 Å². The molecule has 0 radical (unpaired) electrons. The highest BCUT2D eigenvalue weighted by Gasteiger charge is 2.24. The van der Waals surface area contributed by atoms with Gasteiger partial charge in [0, 0.05) is 14.1 Å². The number of unbranched alkanes of at least 4 members (excludes halogenated alkanes) is 2. The summed E-state index contributed by atoms with van der Waals surface area (Å²) in [4.78, 5) is 26.4. The maximum Gasteiger partial charge on any atom is 0.247 e. The van der Waals surface area contributed by atoms with Crippen LogP contribution in [0.25, 0.3) is 0 Å². The minimum absolute atomic E-state index is 0.180. The van der Waals surface area contributed by atoms with Crippen LogP contribution in [-0.4, -0.2) is 41.9 Å². The molecule has 4 nitrogen and oxygen atoms in total. The molecule has 0 bridgehead atoms. The van der Waals surface area contributed by atoms with Crippen LogP contribution in [0.1, 0.15) is 32.6 Å². The van der Waals surface area contributed by atoms with Crippen LogP contribution in [0.5, 0.6) is 0 Å².